The van der Waals surface area contributed by atoms with E-state index in [1.165, 1.54) is 15.3 Å². The Hall–Kier alpha value is -1.32. The van der Waals surface area contributed by atoms with Crippen molar-refractivity contribution < 1.29 is 4.74 Å². The van der Waals surface area contributed by atoms with Crippen LogP contribution in [-0.4, -0.2) is 13.2 Å². The summed E-state index contributed by atoms with van der Waals surface area (Å²) in [6.45, 7) is 6.80. The van der Waals surface area contributed by atoms with E-state index in [1.807, 2.05) is 17.4 Å². The molecule has 0 atom stereocenters. The van der Waals surface area contributed by atoms with E-state index in [2.05, 4.69) is 49.5 Å². The van der Waals surface area contributed by atoms with Crippen LogP contribution in [0.4, 0.5) is 0 Å². The molecule has 1 heterocycles. The van der Waals surface area contributed by atoms with Crippen molar-refractivity contribution in [3.8, 4) is 5.75 Å². The predicted molar refractivity (Wildman–Crippen MR) is 82.1 cm³/mol. The van der Waals surface area contributed by atoms with Crippen molar-refractivity contribution in [3.05, 3.63) is 51.7 Å². The molecule has 0 bridgehead atoms. The van der Waals surface area contributed by atoms with E-state index in [0.29, 0.717) is 6.61 Å². The number of thiophene rings is 1. The average Bonchev–Trinajstić information content (AvgIpc) is 2.84. The minimum absolute atomic E-state index is 0.706. The summed E-state index contributed by atoms with van der Waals surface area (Å²) in [6, 6.07) is 12.7. The highest BCUT2D eigenvalue weighted by atomic mass is 32.1. The SMILES string of the molecule is CCc1cccc(OCCNCc2ccc(C)s2)c1. The first kappa shape index (κ1) is 14.1. The van der Waals surface area contributed by atoms with Crippen LogP contribution < -0.4 is 10.1 Å². The highest BCUT2D eigenvalue weighted by molar-refractivity contribution is 7.11. The third-order valence-corrected chi connectivity index (χ3v) is 3.95. The molecule has 3 heteroatoms. The van der Waals surface area contributed by atoms with Crippen LogP contribution in [-0.2, 0) is 13.0 Å². The number of hydrogen-bond donors (Lipinski definition) is 1. The molecule has 1 aromatic carbocycles. The standard InChI is InChI=1S/C16H21NOS/c1-3-14-5-4-6-15(11-14)18-10-9-17-12-16-8-7-13(2)19-16/h4-8,11,17H,3,9-10,12H2,1-2H3. The van der Waals surface area contributed by atoms with Crippen molar-refractivity contribution in [1.29, 1.82) is 0 Å². The maximum absolute atomic E-state index is 5.73. The van der Waals surface area contributed by atoms with E-state index in [0.717, 1.165) is 25.3 Å². The van der Waals surface area contributed by atoms with E-state index in [-0.39, 0.29) is 0 Å². The summed E-state index contributed by atoms with van der Waals surface area (Å²) < 4.78 is 5.73. The molecule has 0 amide bonds. The lowest BCUT2D eigenvalue weighted by Crippen LogP contribution is -2.20. The average molecular weight is 275 g/mol. The fraction of sp³-hybridized carbons (Fsp3) is 0.375. The number of benzene rings is 1. The maximum Gasteiger partial charge on any atom is 0.119 e. The molecule has 19 heavy (non-hydrogen) atoms. The van der Waals surface area contributed by atoms with Crippen molar-refractivity contribution in [2.75, 3.05) is 13.2 Å². The Balaban J connectivity index is 1.66. The maximum atomic E-state index is 5.73. The number of rotatable bonds is 7. The number of aryl methyl sites for hydroxylation is 2. The molecule has 0 unspecified atom stereocenters. The summed E-state index contributed by atoms with van der Waals surface area (Å²) in [5, 5.41) is 3.40. The van der Waals surface area contributed by atoms with Crippen molar-refractivity contribution >= 4 is 11.3 Å². The normalized spacial score (nSPS) is 10.6. The molecule has 0 aliphatic carbocycles. The zero-order valence-electron chi connectivity index (χ0n) is 11.6. The fourth-order valence-corrected chi connectivity index (χ4v) is 2.75. The molecular formula is C16H21NOS. The summed E-state index contributed by atoms with van der Waals surface area (Å²) in [5.41, 5.74) is 1.32. The van der Waals surface area contributed by atoms with Gasteiger partial charge in [-0.15, -0.1) is 11.3 Å². The van der Waals surface area contributed by atoms with Crippen LogP contribution in [0.15, 0.2) is 36.4 Å². The summed E-state index contributed by atoms with van der Waals surface area (Å²) in [6.07, 6.45) is 1.05. The van der Waals surface area contributed by atoms with Gasteiger partial charge < -0.3 is 10.1 Å². The molecule has 0 aliphatic heterocycles. The molecule has 1 N–H and O–H groups in total. The van der Waals surface area contributed by atoms with Crippen LogP contribution in [0.3, 0.4) is 0 Å². The Kier molecular flexibility index (Phi) is 5.43. The number of hydrogen-bond acceptors (Lipinski definition) is 3. The molecule has 0 aliphatic rings. The van der Waals surface area contributed by atoms with Gasteiger partial charge in [-0.05, 0) is 43.2 Å². The largest absolute Gasteiger partial charge is 0.492 e. The van der Waals surface area contributed by atoms with E-state index in [9.17, 15) is 0 Å². The first-order valence-electron chi connectivity index (χ1n) is 6.75. The zero-order valence-corrected chi connectivity index (χ0v) is 12.4. The van der Waals surface area contributed by atoms with Gasteiger partial charge >= 0.3 is 0 Å². The Bertz CT molecular complexity index is 507. The van der Waals surface area contributed by atoms with E-state index in [4.69, 9.17) is 4.74 Å². The Morgan fingerprint density at radius 3 is 2.84 bits per heavy atom. The number of nitrogens with one attached hydrogen (secondary N) is 1. The van der Waals surface area contributed by atoms with Gasteiger partial charge in [-0.2, -0.15) is 0 Å². The molecule has 0 saturated heterocycles. The van der Waals surface area contributed by atoms with Crippen LogP contribution in [0.5, 0.6) is 5.75 Å². The second kappa shape index (κ2) is 7.31. The molecule has 2 aromatic rings. The van der Waals surface area contributed by atoms with Gasteiger partial charge in [0.2, 0.25) is 0 Å². The van der Waals surface area contributed by atoms with Gasteiger partial charge in [0, 0.05) is 22.8 Å². The molecule has 0 fully saturated rings. The first-order chi connectivity index (χ1) is 9.28. The lowest BCUT2D eigenvalue weighted by molar-refractivity contribution is 0.313. The highest BCUT2D eigenvalue weighted by Crippen LogP contribution is 2.15. The third-order valence-electron chi connectivity index (χ3n) is 2.95. The lowest BCUT2D eigenvalue weighted by Gasteiger charge is -2.08. The second-order valence-electron chi connectivity index (χ2n) is 4.54. The Labute approximate surface area is 119 Å². The van der Waals surface area contributed by atoms with Gasteiger partial charge in [0.1, 0.15) is 12.4 Å². The molecular weight excluding hydrogens is 254 g/mol. The predicted octanol–water partition coefficient (Wildman–Crippen LogP) is 3.79. The topological polar surface area (TPSA) is 21.3 Å². The van der Waals surface area contributed by atoms with E-state index < -0.39 is 0 Å². The van der Waals surface area contributed by atoms with Crippen LogP contribution >= 0.6 is 11.3 Å². The zero-order chi connectivity index (χ0) is 13.5. The summed E-state index contributed by atoms with van der Waals surface area (Å²) in [5.74, 6) is 0.966. The Morgan fingerprint density at radius 1 is 1.21 bits per heavy atom. The molecule has 0 saturated carbocycles. The lowest BCUT2D eigenvalue weighted by atomic mass is 10.2. The number of ether oxygens (including phenoxy) is 1. The molecule has 2 rings (SSSR count). The minimum Gasteiger partial charge on any atom is -0.492 e. The van der Waals surface area contributed by atoms with Crippen LogP contribution in [0.2, 0.25) is 0 Å². The fourth-order valence-electron chi connectivity index (χ4n) is 1.89. The van der Waals surface area contributed by atoms with Gasteiger partial charge in [-0.3, -0.25) is 0 Å². The van der Waals surface area contributed by atoms with Crippen LogP contribution in [0.25, 0.3) is 0 Å². The molecule has 0 radical (unpaired) electrons. The minimum atomic E-state index is 0.706. The van der Waals surface area contributed by atoms with Crippen molar-refractivity contribution in [2.24, 2.45) is 0 Å². The van der Waals surface area contributed by atoms with Gasteiger partial charge in [-0.1, -0.05) is 19.1 Å². The van der Waals surface area contributed by atoms with Crippen molar-refractivity contribution in [2.45, 2.75) is 26.8 Å². The smallest absolute Gasteiger partial charge is 0.119 e. The van der Waals surface area contributed by atoms with Gasteiger partial charge in [-0.25, -0.2) is 0 Å². The summed E-state index contributed by atoms with van der Waals surface area (Å²) in [4.78, 5) is 2.75. The molecule has 1 aromatic heterocycles. The van der Waals surface area contributed by atoms with Crippen LogP contribution in [0.1, 0.15) is 22.2 Å². The van der Waals surface area contributed by atoms with Gasteiger partial charge in [0.25, 0.3) is 0 Å². The van der Waals surface area contributed by atoms with Gasteiger partial charge in [0.15, 0.2) is 0 Å². The quantitative estimate of drug-likeness (QED) is 0.776. The highest BCUT2D eigenvalue weighted by Gasteiger charge is 1.97. The molecule has 2 nitrogen and oxygen atoms in total. The second-order valence-corrected chi connectivity index (χ2v) is 5.91. The van der Waals surface area contributed by atoms with Crippen molar-refractivity contribution in [1.82, 2.24) is 5.32 Å². The summed E-state index contributed by atoms with van der Waals surface area (Å²) >= 11 is 1.84. The molecule has 102 valence electrons. The summed E-state index contributed by atoms with van der Waals surface area (Å²) in [7, 11) is 0. The van der Waals surface area contributed by atoms with Gasteiger partial charge in [0.05, 0.1) is 0 Å². The van der Waals surface area contributed by atoms with Crippen LogP contribution in [0, 0.1) is 6.92 Å². The van der Waals surface area contributed by atoms with E-state index >= 15 is 0 Å². The monoisotopic (exact) mass is 275 g/mol. The third kappa shape index (κ3) is 4.69. The Morgan fingerprint density at radius 2 is 2.11 bits per heavy atom. The van der Waals surface area contributed by atoms with E-state index in [1.54, 1.807) is 0 Å². The molecule has 0 spiro atoms. The van der Waals surface area contributed by atoms with Crippen molar-refractivity contribution in [3.63, 3.8) is 0 Å². The first-order valence-corrected chi connectivity index (χ1v) is 7.57.